The summed E-state index contributed by atoms with van der Waals surface area (Å²) in [6, 6.07) is 8.95. The van der Waals surface area contributed by atoms with E-state index in [1.807, 2.05) is 31.2 Å². The molecule has 31 heavy (non-hydrogen) atoms. The van der Waals surface area contributed by atoms with Crippen molar-refractivity contribution in [2.24, 2.45) is 5.73 Å². The first-order chi connectivity index (χ1) is 14.9. The van der Waals surface area contributed by atoms with E-state index in [1.54, 1.807) is 5.38 Å². The predicted molar refractivity (Wildman–Crippen MR) is 121 cm³/mol. The van der Waals surface area contributed by atoms with E-state index in [2.05, 4.69) is 12.2 Å². The van der Waals surface area contributed by atoms with Crippen molar-refractivity contribution in [3.05, 3.63) is 58.1 Å². The molecular formula is C23H25N3O4S. The van der Waals surface area contributed by atoms with Gasteiger partial charge in [0.1, 0.15) is 5.00 Å². The Morgan fingerprint density at radius 3 is 2.61 bits per heavy atom. The van der Waals surface area contributed by atoms with Gasteiger partial charge in [-0.1, -0.05) is 38.5 Å². The highest BCUT2D eigenvalue weighted by atomic mass is 32.1. The number of amides is 2. The number of primary amides is 1. The van der Waals surface area contributed by atoms with E-state index in [0.29, 0.717) is 22.4 Å². The molecule has 162 valence electrons. The zero-order chi connectivity index (χ0) is 22.5. The molecule has 2 aromatic heterocycles. The van der Waals surface area contributed by atoms with Gasteiger partial charge in [0.2, 0.25) is 0 Å². The topological polar surface area (TPSA) is 111 Å². The molecule has 3 N–H and O–H groups in total. The number of aromatic nitrogens is 1. The number of rotatable bonds is 8. The summed E-state index contributed by atoms with van der Waals surface area (Å²) in [5.41, 5.74) is 8.41. The first-order valence-electron chi connectivity index (χ1n) is 10.2. The number of pyridine rings is 1. The van der Waals surface area contributed by atoms with Crippen LogP contribution in [0.1, 0.15) is 59.2 Å². The number of carbonyl (C=O) groups excluding carboxylic acids is 3. The second-order valence-electron chi connectivity index (χ2n) is 7.10. The van der Waals surface area contributed by atoms with Crippen LogP contribution >= 0.6 is 11.3 Å². The monoisotopic (exact) mass is 439 g/mol. The zero-order valence-corrected chi connectivity index (χ0v) is 18.5. The quantitative estimate of drug-likeness (QED) is 0.514. The third-order valence-corrected chi connectivity index (χ3v) is 5.77. The van der Waals surface area contributed by atoms with Gasteiger partial charge in [0.15, 0.2) is 6.10 Å². The van der Waals surface area contributed by atoms with Crippen LogP contribution in [0.15, 0.2) is 35.7 Å². The summed E-state index contributed by atoms with van der Waals surface area (Å²) >= 11 is 1.17. The number of anilines is 1. The molecule has 2 heterocycles. The number of carbonyl (C=O) groups is 3. The van der Waals surface area contributed by atoms with Crippen molar-refractivity contribution in [2.75, 3.05) is 5.32 Å². The van der Waals surface area contributed by atoms with Crippen molar-refractivity contribution in [1.82, 2.24) is 4.98 Å². The van der Waals surface area contributed by atoms with Gasteiger partial charge in [0.05, 0.1) is 16.6 Å². The number of hydrogen-bond donors (Lipinski definition) is 2. The lowest BCUT2D eigenvalue weighted by Gasteiger charge is -2.18. The highest BCUT2D eigenvalue weighted by molar-refractivity contribution is 7.14. The Balaban J connectivity index is 1.89. The van der Waals surface area contributed by atoms with Gasteiger partial charge in [-0.2, -0.15) is 0 Å². The highest BCUT2D eigenvalue weighted by Crippen LogP contribution is 2.27. The maximum Gasteiger partial charge on any atom is 0.339 e. The van der Waals surface area contributed by atoms with Crippen molar-refractivity contribution in [2.45, 2.75) is 46.1 Å². The van der Waals surface area contributed by atoms with Crippen LogP contribution in [0.25, 0.3) is 10.9 Å². The molecule has 0 saturated carbocycles. The fraction of sp³-hybridized carbons (Fsp3) is 0.304. The molecule has 0 spiro atoms. The van der Waals surface area contributed by atoms with Crippen LogP contribution in [0.3, 0.4) is 0 Å². The smallest absolute Gasteiger partial charge is 0.339 e. The van der Waals surface area contributed by atoms with Gasteiger partial charge in [-0.25, -0.2) is 4.79 Å². The standard InChI is InChI=1S/C23H25N3O4S/c1-4-8-17-14(5-2)19(15-9-6-7-10-18(15)25-17)23(29)30-13(3)21(28)26-22-16(20(24)27)11-12-31-22/h6-7,9-13H,4-5,8H2,1-3H3,(H2,24,27)(H,26,28). The Morgan fingerprint density at radius 2 is 1.94 bits per heavy atom. The average Bonchev–Trinajstić information content (AvgIpc) is 3.21. The molecule has 0 aliphatic carbocycles. The van der Waals surface area contributed by atoms with E-state index < -0.39 is 23.9 Å². The first kappa shape index (κ1) is 22.4. The van der Waals surface area contributed by atoms with Gasteiger partial charge >= 0.3 is 5.97 Å². The molecule has 0 fully saturated rings. The maximum absolute atomic E-state index is 13.2. The lowest BCUT2D eigenvalue weighted by atomic mass is 9.96. The molecule has 0 aliphatic rings. The normalized spacial score (nSPS) is 11.8. The number of nitrogens with one attached hydrogen (secondary N) is 1. The van der Waals surface area contributed by atoms with E-state index in [-0.39, 0.29) is 5.56 Å². The number of ether oxygens (including phenoxy) is 1. The summed E-state index contributed by atoms with van der Waals surface area (Å²) in [5, 5.41) is 5.29. The Hall–Kier alpha value is -3.26. The Morgan fingerprint density at radius 1 is 1.19 bits per heavy atom. The summed E-state index contributed by atoms with van der Waals surface area (Å²) in [5.74, 6) is -1.75. The zero-order valence-electron chi connectivity index (χ0n) is 17.7. The fourth-order valence-electron chi connectivity index (χ4n) is 3.45. The van der Waals surface area contributed by atoms with Gasteiger partial charge in [0, 0.05) is 11.1 Å². The van der Waals surface area contributed by atoms with Crippen molar-refractivity contribution in [1.29, 1.82) is 0 Å². The van der Waals surface area contributed by atoms with E-state index in [0.717, 1.165) is 29.6 Å². The average molecular weight is 440 g/mol. The number of hydrogen-bond acceptors (Lipinski definition) is 6. The molecular weight excluding hydrogens is 414 g/mol. The third kappa shape index (κ3) is 4.74. The van der Waals surface area contributed by atoms with E-state index >= 15 is 0 Å². The van der Waals surface area contributed by atoms with E-state index in [9.17, 15) is 14.4 Å². The van der Waals surface area contributed by atoms with Crippen molar-refractivity contribution >= 4 is 45.0 Å². The number of nitrogens with zero attached hydrogens (tertiary/aromatic N) is 1. The lowest BCUT2D eigenvalue weighted by molar-refractivity contribution is -0.123. The van der Waals surface area contributed by atoms with Crippen molar-refractivity contribution in [3.63, 3.8) is 0 Å². The van der Waals surface area contributed by atoms with Gasteiger partial charge < -0.3 is 15.8 Å². The molecule has 1 aromatic carbocycles. The summed E-state index contributed by atoms with van der Waals surface area (Å²) in [6.07, 6.45) is 1.20. The lowest BCUT2D eigenvalue weighted by Crippen LogP contribution is -2.31. The Bertz CT molecular complexity index is 1140. The van der Waals surface area contributed by atoms with Gasteiger partial charge in [-0.15, -0.1) is 11.3 Å². The molecule has 0 bridgehead atoms. The molecule has 0 saturated heterocycles. The Kier molecular flexibility index (Phi) is 7.02. The molecule has 0 aliphatic heterocycles. The minimum atomic E-state index is -1.07. The van der Waals surface area contributed by atoms with Crippen LogP contribution in [0.4, 0.5) is 5.00 Å². The second-order valence-corrected chi connectivity index (χ2v) is 8.01. The molecule has 3 aromatic rings. The van der Waals surface area contributed by atoms with E-state index in [1.165, 1.54) is 24.3 Å². The Labute approximate surface area is 184 Å². The van der Waals surface area contributed by atoms with Crippen LogP contribution in [-0.4, -0.2) is 28.9 Å². The number of thiophene rings is 1. The van der Waals surface area contributed by atoms with Crippen LogP contribution in [0.2, 0.25) is 0 Å². The predicted octanol–water partition coefficient (Wildman–Crippen LogP) is 4.09. The minimum Gasteiger partial charge on any atom is -0.449 e. The van der Waals surface area contributed by atoms with Crippen LogP contribution in [0.5, 0.6) is 0 Å². The van der Waals surface area contributed by atoms with Crippen LogP contribution in [-0.2, 0) is 22.4 Å². The fourth-order valence-corrected chi connectivity index (χ4v) is 4.24. The SMILES string of the molecule is CCCc1nc2ccccc2c(C(=O)OC(C)C(=O)Nc2sccc2C(N)=O)c1CC. The minimum absolute atomic E-state index is 0.217. The number of benzene rings is 1. The van der Waals surface area contributed by atoms with Gasteiger partial charge in [-0.3, -0.25) is 14.6 Å². The number of nitrogens with two attached hydrogens (primary N) is 1. The van der Waals surface area contributed by atoms with Gasteiger partial charge in [0.25, 0.3) is 11.8 Å². The molecule has 1 unspecified atom stereocenters. The number of fused-ring (bicyclic) bond motifs is 1. The summed E-state index contributed by atoms with van der Waals surface area (Å²) in [7, 11) is 0. The molecule has 7 nitrogen and oxygen atoms in total. The highest BCUT2D eigenvalue weighted by Gasteiger charge is 2.25. The number of esters is 1. The first-order valence-corrected chi connectivity index (χ1v) is 11.0. The summed E-state index contributed by atoms with van der Waals surface area (Å²) in [6.45, 7) is 5.53. The largest absolute Gasteiger partial charge is 0.449 e. The summed E-state index contributed by atoms with van der Waals surface area (Å²) in [4.78, 5) is 42.0. The van der Waals surface area contributed by atoms with Crippen LogP contribution in [0, 0.1) is 0 Å². The van der Waals surface area contributed by atoms with Crippen LogP contribution < -0.4 is 11.1 Å². The van der Waals surface area contributed by atoms with Crippen molar-refractivity contribution in [3.8, 4) is 0 Å². The summed E-state index contributed by atoms with van der Waals surface area (Å²) < 4.78 is 5.54. The maximum atomic E-state index is 13.2. The molecule has 1 atom stereocenters. The van der Waals surface area contributed by atoms with Gasteiger partial charge in [-0.05, 0) is 42.8 Å². The number of aryl methyl sites for hydroxylation is 1. The molecule has 2 amide bonds. The molecule has 8 heteroatoms. The van der Waals surface area contributed by atoms with E-state index in [4.69, 9.17) is 15.5 Å². The second kappa shape index (κ2) is 9.70. The molecule has 3 rings (SSSR count). The van der Waals surface area contributed by atoms with Crippen molar-refractivity contribution < 1.29 is 19.1 Å². The third-order valence-electron chi connectivity index (χ3n) is 4.94. The molecule has 0 radical (unpaired) electrons. The number of para-hydroxylation sites is 1.